The van der Waals surface area contributed by atoms with Crippen molar-refractivity contribution < 1.29 is 13.9 Å². The van der Waals surface area contributed by atoms with E-state index >= 15 is 0 Å². The number of hydrogen-bond donors (Lipinski definition) is 1. The minimum absolute atomic E-state index is 0.00796. The zero-order valence-electron chi connectivity index (χ0n) is 15.7. The van der Waals surface area contributed by atoms with Crippen LogP contribution in [0.5, 0.6) is 5.75 Å². The fraction of sp³-hybridized carbons (Fsp3) is 0.524. The molecule has 0 bridgehead atoms. The number of benzene rings is 1. The van der Waals surface area contributed by atoms with Gasteiger partial charge >= 0.3 is 5.63 Å². The molecule has 2 fully saturated rings. The molecule has 0 unspecified atom stereocenters. The molecule has 3 heterocycles. The second kappa shape index (κ2) is 7.72. The highest BCUT2D eigenvalue weighted by Gasteiger charge is 2.32. The average Bonchev–Trinajstić information content (AvgIpc) is 2.70. The normalized spacial score (nSPS) is 22.5. The lowest BCUT2D eigenvalue weighted by Gasteiger charge is -2.41. The van der Waals surface area contributed by atoms with Crippen LogP contribution < -0.4 is 15.7 Å². The molecule has 2 aliphatic rings. The molecule has 144 valence electrons. The van der Waals surface area contributed by atoms with E-state index in [0.717, 1.165) is 43.4 Å². The Bertz CT molecular complexity index is 891. The zero-order chi connectivity index (χ0) is 18.8. The van der Waals surface area contributed by atoms with E-state index in [0.29, 0.717) is 23.3 Å². The van der Waals surface area contributed by atoms with Crippen LogP contribution in [-0.2, 0) is 11.2 Å². The van der Waals surface area contributed by atoms with E-state index in [1.807, 2.05) is 24.0 Å². The molecule has 2 atom stereocenters. The Labute approximate surface area is 158 Å². The van der Waals surface area contributed by atoms with Crippen molar-refractivity contribution in [1.29, 1.82) is 0 Å². The van der Waals surface area contributed by atoms with E-state index in [-0.39, 0.29) is 18.1 Å². The highest BCUT2D eigenvalue weighted by molar-refractivity contribution is 5.82. The second-order valence-electron chi connectivity index (χ2n) is 7.48. The molecular formula is C21H26N2O4. The van der Waals surface area contributed by atoms with Gasteiger partial charge in [-0.3, -0.25) is 4.79 Å². The highest BCUT2D eigenvalue weighted by atomic mass is 16.5. The first-order chi connectivity index (χ1) is 13.1. The van der Waals surface area contributed by atoms with Crippen molar-refractivity contribution in [3.63, 3.8) is 0 Å². The smallest absolute Gasteiger partial charge is 0.336 e. The number of nitrogens with one attached hydrogen (secondary N) is 1. The van der Waals surface area contributed by atoms with E-state index < -0.39 is 0 Å². The minimum atomic E-state index is -0.364. The summed E-state index contributed by atoms with van der Waals surface area (Å²) in [7, 11) is 0. The average molecular weight is 370 g/mol. The van der Waals surface area contributed by atoms with Crippen molar-refractivity contribution in [2.45, 2.75) is 38.6 Å². The largest absolute Gasteiger partial charge is 0.484 e. The van der Waals surface area contributed by atoms with Gasteiger partial charge in [0.15, 0.2) is 6.61 Å². The van der Waals surface area contributed by atoms with Crippen LogP contribution in [0.4, 0.5) is 0 Å². The summed E-state index contributed by atoms with van der Waals surface area (Å²) in [6.45, 7) is 4.70. The maximum atomic E-state index is 12.6. The number of rotatable bonds is 4. The summed E-state index contributed by atoms with van der Waals surface area (Å²) in [4.78, 5) is 26.2. The Balaban J connectivity index is 1.41. The Morgan fingerprint density at radius 1 is 1.33 bits per heavy atom. The molecule has 0 aliphatic carbocycles. The molecule has 2 aromatic rings. The fourth-order valence-corrected chi connectivity index (χ4v) is 4.30. The number of likely N-dealkylation sites (tertiary alicyclic amines) is 1. The van der Waals surface area contributed by atoms with Crippen LogP contribution in [0.2, 0.25) is 0 Å². The molecule has 0 saturated carbocycles. The summed E-state index contributed by atoms with van der Waals surface area (Å²) < 4.78 is 11.0. The summed E-state index contributed by atoms with van der Waals surface area (Å²) >= 11 is 0. The summed E-state index contributed by atoms with van der Waals surface area (Å²) in [5.41, 5.74) is 1.09. The molecule has 2 aliphatic heterocycles. The SMILES string of the molecule is CCc1cc(=O)oc2cc(OCC(=O)N3CC[C@@H]4NCCC[C@@H]4C3)ccc12. The number of ether oxygens (including phenoxy) is 1. The van der Waals surface area contributed by atoms with Gasteiger partial charge in [-0.1, -0.05) is 6.92 Å². The van der Waals surface area contributed by atoms with E-state index in [1.54, 1.807) is 6.07 Å². The maximum absolute atomic E-state index is 12.6. The predicted molar refractivity (Wildman–Crippen MR) is 103 cm³/mol. The zero-order valence-corrected chi connectivity index (χ0v) is 15.7. The molecule has 1 amide bonds. The van der Waals surface area contributed by atoms with Crippen LogP contribution in [-0.4, -0.2) is 43.1 Å². The van der Waals surface area contributed by atoms with Gasteiger partial charge in [0.2, 0.25) is 0 Å². The van der Waals surface area contributed by atoms with Crippen LogP contribution in [0, 0.1) is 5.92 Å². The number of hydrogen-bond acceptors (Lipinski definition) is 5. The maximum Gasteiger partial charge on any atom is 0.336 e. The van der Waals surface area contributed by atoms with Crippen molar-refractivity contribution in [2.75, 3.05) is 26.2 Å². The Morgan fingerprint density at radius 2 is 2.22 bits per heavy atom. The van der Waals surface area contributed by atoms with Crippen molar-refractivity contribution in [1.82, 2.24) is 10.2 Å². The number of carbonyl (C=O) groups is 1. The van der Waals surface area contributed by atoms with Crippen LogP contribution in [0.3, 0.4) is 0 Å². The lowest BCUT2D eigenvalue weighted by molar-refractivity contribution is -0.135. The highest BCUT2D eigenvalue weighted by Crippen LogP contribution is 2.26. The summed E-state index contributed by atoms with van der Waals surface area (Å²) in [5.74, 6) is 1.11. The monoisotopic (exact) mass is 370 g/mol. The fourth-order valence-electron chi connectivity index (χ4n) is 4.30. The van der Waals surface area contributed by atoms with E-state index in [4.69, 9.17) is 9.15 Å². The molecule has 1 aromatic carbocycles. The number of nitrogens with zero attached hydrogens (tertiary/aromatic N) is 1. The van der Waals surface area contributed by atoms with Gasteiger partial charge in [0.1, 0.15) is 11.3 Å². The van der Waals surface area contributed by atoms with E-state index in [2.05, 4.69) is 5.32 Å². The van der Waals surface area contributed by atoms with Gasteiger partial charge < -0.3 is 19.4 Å². The quantitative estimate of drug-likeness (QED) is 0.837. The Hall–Kier alpha value is -2.34. The van der Waals surface area contributed by atoms with Crippen LogP contribution in [0.1, 0.15) is 31.7 Å². The molecule has 4 rings (SSSR count). The van der Waals surface area contributed by atoms with Crippen LogP contribution >= 0.6 is 0 Å². The van der Waals surface area contributed by atoms with Crippen LogP contribution in [0.25, 0.3) is 11.0 Å². The van der Waals surface area contributed by atoms with Crippen molar-refractivity contribution in [2.24, 2.45) is 5.92 Å². The molecule has 2 saturated heterocycles. The third-order valence-corrected chi connectivity index (χ3v) is 5.79. The van der Waals surface area contributed by atoms with Gasteiger partial charge in [-0.15, -0.1) is 0 Å². The lowest BCUT2D eigenvalue weighted by Crippen LogP contribution is -2.54. The molecule has 0 spiro atoms. The molecule has 6 heteroatoms. The molecule has 0 radical (unpaired) electrons. The topological polar surface area (TPSA) is 71.8 Å². The van der Waals surface area contributed by atoms with Crippen molar-refractivity contribution in [3.8, 4) is 5.75 Å². The van der Waals surface area contributed by atoms with Gasteiger partial charge in [-0.2, -0.15) is 0 Å². The summed E-state index contributed by atoms with van der Waals surface area (Å²) in [6.07, 6.45) is 4.14. The van der Waals surface area contributed by atoms with Crippen molar-refractivity contribution >= 4 is 16.9 Å². The van der Waals surface area contributed by atoms with Gasteiger partial charge in [-0.25, -0.2) is 4.79 Å². The number of fused-ring (bicyclic) bond motifs is 2. The van der Waals surface area contributed by atoms with Gasteiger partial charge in [0.05, 0.1) is 0 Å². The van der Waals surface area contributed by atoms with E-state index in [9.17, 15) is 9.59 Å². The Morgan fingerprint density at radius 3 is 3.07 bits per heavy atom. The first-order valence-electron chi connectivity index (χ1n) is 9.85. The van der Waals surface area contributed by atoms with E-state index in [1.165, 1.54) is 18.9 Å². The molecule has 27 heavy (non-hydrogen) atoms. The second-order valence-corrected chi connectivity index (χ2v) is 7.48. The Kier molecular flexibility index (Phi) is 5.16. The van der Waals surface area contributed by atoms with Gasteiger partial charge in [0.25, 0.3) is 5.91 Å². The summed E-state index contributed by atoms with van der Waals surface area (Å²) in [5, 5.41) is 4.47. The number of piperidine rings is 2. The van der Waals surface area contributed by atoms with Gasteiger partial charge in [-0.05, 0) is 55.8 Å². The lowest BCUT2D eigenvalue weighted by atomic mass is 9.85. The van der Waals surface area contributed by atoms with Gasteiger partial charge in [0, 0.05) is 36.7 Å². The molecule has 6 nitrogen and oxygen atoms in total. The third kappa shape index (κ3) is 3.86. The first-order valence-corrected chi connectivity index (χ1v) is 9.85. The first kappa shape index (κ1) is 18.0. The minimum Gasteiger partial charge on any atom is -0.484 e. The summed E-state index contributed by atoms with van der Waals surface area (Å²) in [6, 6.07) is 7.48. The standard InChI is InChI=1S/C21H26N2O4/c1-2-14-10-21(25)27-19-11-16(5-6-17(14)19)26-13-20(24)23-9-7-18-15(12-23)4-3-8-22-18/h5-6,10-11,15,18,22H,2-4,7-9,12-13H2,1H3/t15-,18+/m1/s1. The molecule has 1 aromatic heterocycles. The predicted octanol–water partition coefficient (Wildman–Crippen LogP) is 2.33. The van der Waals surface area contributed by atoms with Crippen molar-refractivity contribution in [3.05, 3.63) is 40.2 Å². The molecule has 1 N–H and O–H groups in total. The number of carbonyl (C=O) groups excluding carboxylic acids is 1. The molecular weight excluding hydrogens is 344 g/mol. The van der Waals surface area contributed by atoms with Crippen LogP contribution in [0.15, 0.2) is 33.5 Å². The number of aryl methyl sites for hydroxylation is 1. The third-order valence-electron chi connectivity index (χ3n) is 5.79. The number of amides is 1.